The summed E-state index contributed by atoms with van der Waals surface area (Å²) >= 11 is 1.47. The van der Waals surface area contributed by atoms with Crippen LogP contribution in [0.2, 0.25) is 0 Å². The van der Waals surface area contributed by atoms with Gasteiger partial charge >= 0.3 is 0 Å². The lowest BCUT2D eigenvalue weighted by molar-refractivity contribution is 0.622. The number of hydrogen-bond acceptors (Lipinski definition) is 4. The zero-order valence-electron chi connectivity index (χ0n) is 10.0. The Morgan fingerprint density at radius 3 is 2.94 bits per heavy atom. The number of rotatable bonds is 4. The summed E-state index contributed by atoms with van der Waals surface area (Å²) in [5.74, 6) is 0.354. The van der Waals surface area contributed by atoms with E-state index in [0.717, 1.165) is 11.3 Å². The molecule has 1 aromatic heterocycles. The minimum absolute atomic E-state index is 0.227. The van der Waals surface area contributed by atoms with E-state index in [0.29, 0.717) is 10.9 Å². The molecule has 0 saturated carbocycles. The van der Waals surface area contributed by atoms with E-state index in [9.17, 15) is 4.39 Å². The zero-order valence-corrected chi connectivity index (χ0v) is 10.8. The molecule has 0 fully saturated rings. The quantitative estimate of drug-likeness (QED) is 0.680. The third-order valence-corrected chi connectivity index (χ3v) is 3.42. The number of halogens is 1. The SMILES string of the molecule is Cc1ccnc(SCC(N)c2cccc(F)c2)n1. The molecule has 3 nitrogen and oxygen atoms in total. The van der Waals surface area contributed by atoms with Gasteiger partial charge in [-0.1, -0.05) is 23.9 Å². The number of nitrogens with zero attached hydrogens (tertiary/aromatic N) is 2. The second-order valence-electron chi connectivity index (χ2n) is 3.95. The molecule has 1 atom stereocenters. The maximum absolute atomic E-state index is 13.1. The molecular weight excluding hydrogens is 249 g/mol. The molecule has 0 amide bonds. The smallest absolute Gasteiger partial charge is 0.187 e. The van der Waals surface area contributed by atoms with Crippen molar-refractivity contribution < 1.29 is 4.39 Å². The van der Waals surface area contributed by atoms with Gasteiger partial charge in [-0.05, 0) is 30.7 Å². The molecule has 18 heavy (non-hydrogen) atoms. The highest BCUT2D eigenvalue weighted by molar-refractivity contribution is 7.99. The predicted molar refractivity (Wildman–Crippen MR) is 70.8 cm³/mol. The molecule has 94 valence electrons. The van der Waals surface area contributed by atoms with Gasteiger partial charge in [0.05, 0.1) is 0 Å². The lowest BCUT2D eigenvalue weighted by atomic mass is 10.1. The topological polar surface area (TPSA) is 51.8 Å². The molecule has 1 heterocycles. The minimum Gasteiger partial charge on any atom is -0.323 e. The third kappa shape index (κ3) is 3.51. The average Bonchev–Trinajstić information content (AvgIpc) is 2.36. The average molecular weight is 263 g/mol. The normalized spacial score (nSPS) is 12.4. The summed E-state index contributed by atoms with van der Waals surface area (Å²) in [5.41, 5.74) is 7.72. The largest absolute Gasteiger partial charge is 0.323 e. The van der Waals surface area contributed by atoms with Crippen molar-refractivity contribution in [2.45, 2.75) is 18.1 Å². The van der Waals surface area contributed by atoms with E-state index in [-0.39, 0.29) is 11.9 Å². The molecule has 0 aliphatic heterocycles. The zero-order chi connectivity index (χ0) is 13.0. The van der Waals surface area contributed by atoms with E-state index in [4.69, 9.17) is 5.73 Å². The van der Waals surface area contributed by atoms with E-state index in [1.165, 1.54) is 23.9 Å². The molecule has 2 rings (SSSR count). The molecule has 1 unspecified atom stereocenters. The highest BCUT2D eigenvalue weighted by Crippen LogP contribution is 2.20. The van der Waals surface area contributed by atoms with Gasteiger partial charge in [-0.3, -0.25) is 0 Å². The van der Waals surface area contributed by atoms with E-state index in [1.807, 2.05) is 19.1 Å². The number of aryl methyl sites for hydroxylation is 1. The van der Waals surface area contributed by atoms with Crippen LogP contribution < -0.4 is 5.73 Å². The fraction of sp³-hybridized carbons (Fsp3) is 0.231. The maximum atomic E-state index is 13.1. The first-order valence-electron chi connectivity index (χ1n) is 5.58. The molecule has 0 radical (unpaired) electrons. The van der Waals surface area contributed by atoms with Gasteiger partial charge in [-0.25, -0.2) is 14.4 Å². The van der Waals surface area contributed by atoms with E-state index >= 15 is 0 Å². The van der Waals surface area contributed by atoms with E-state index in [2.05, 4.69) is 9.97 Å². The summed E-state index contributed by atoms with van der Waals surface area (Å²) in [4.78, 5) is 8.42. The summed E-state index contributed by atoms with van der Waals surface area (Å²) in [6.45, 7) is 1.91. The molecule has 0 spiro atoms. The second kappa shape index (κ2) is 5.93. The minimum atomic E-state index is -0.264. The number of aromatic nitrogens is 2. The van der Waals surface area contributed by atoms with Crippen LogP contribution in [0.15, 0.2) is 41.7 Å². The van der Waals surface area contributed by atoms with Crippen LogP contribution in [0, 0.1) is 12.7 Å². The van der Waals surface area contributed by atoms with Crippen molar-refractivity contribution >= 4 is 11.8 Å². The van der Waals surface area contributed by atoms with Crippen LogP contribution in [-0.2, 0) is 0 Å². The van der Waals surface area contributed by atoms with Crippen LogP contribution in [0.3, 0.4) is 0 Å². The Bertz CT molecular complexity index is 533. The van der Waals surface area contributed by atoms with Crippen molar-refractivity contribution in [1.29, 1.82) is 0 Å². The highest BCUT2D eigenvalue weighted by atomic mass is 32.2. The Morgan fingerprint density at radius 2 is 2.22 bits per heavy atom. The Hall–Kier alpha value is -1.46. The maximum Gasteiger partial charge on any atom is 0.187 e. The number of nitrogens with two attached hydrogens (primary N) is 1. The number of thioether (sulfide) groups is 1. The summed E-state index contributed by atoms with van der Waals surface area (Å²) in [7, 11) is 0. The first kappa shape index (κ1) is 13.0. The molecule has 1 aromatic carbocycles. The van der Waals surface area contributed by atoms with Crippen LogP contribution in [-0.4, -0.2) is 15.7 Å². The van der Waals surface area contributed by atoms with Gasteiger partial charge in [-0.15, -0.1) is 0 Å². The van der Waals surface area contributed by atoms with Crippen molar-refractivity contribution in [3.05, 3.63) is 53.6 Å². The van der Waals surface area contributed by atoms with E-state index in [1.54, 1.807) is 12.3 Å². The van der Waals surface area contributed by atoms with Gasteiger partial charge in [-0.2, -0.15) is 0 Å². The molecular formula is C13H14FN3S. The Kier molecular flexibility index (Phi) is 4.28. The lowest BCUT2D eigenvalue weighted by Crippen LogP contribution is -2.13. The Morgan fingerprint density at radius 1 is 1.39 bits per heavy atom. The van der Waals surface area contributed by atoms with Gasteiger partial charge in [0.15, 0.2) is 5.16 Å². The third-order valence-electron chi connectivity index (χ3n) is 2.44. The number of hydrogen-bond donors (Lipinski definition) is 1. The standard InChI is InChI=1S/C13H14FN3S/c1-9-5-6-16-13(17-9)18-8-12(15)10-3-2-4-11(14)7-10/h2-7,12H,8,15H2,1H3. The summed E-state index contributed by atoms with van der Waals surface area (Å²) in [5, 5.41) is 0.696. The lowest BCUT2D eigenvalue weighted by Gasteiger charge is -2.11. The van der Waals surface area contributed by atoms with Gasteiger partial charge in [0.1, 0.15) is 5.82 Å². The molecule has 0 aliphatic carbocycles. The number of benzene rings is 1. The van der Waals surface area contributed by atoms with Crippen molar-refractivity contribution in [2.75, 3.05) is 5.75 Å². The molecule has 0 saturated heterocycles. The predicted octanol–water partition coefficient (Wildman–Crippen LogP) is 2.72. The molecule has 2 N–H and O–H groups in total. The first-order valence-corrected chi connectivity index (χ1v) is 6.57. The van der Waals surface area contributed by atoms with Gasteiger partial charge in [0.25, 0.3) is 0 Å². The fourth-order valence-electron chi connectivity index (χ4n) is 1.49. The first-order chi connectivity index (χ1) is 8.65. The van der Waals surface area contributed by atoms with E-state index < -0.39 is 0 Å². The molecule has 0 aliphatic rings. The highest BCUT2D eigenvalue weighted by Gasteiger charge is 2.08. The summed E-state index contributed by atoms with van der Waals surface area (Å²) in [6, 6.07) is 7.98. The Labute approximate surface area is 110 Å². The van der Waals surface area contributed by atoms with Crippen LogP contribution in [0.5, 0.6) is 0 Å². The van der Waals surface area contributed by atoms with Crippen molar-refractivity contribution in [2.24, 2.45) is 5.73 Å². The summed E-state index contributed by atoms with van der Waals surface area (Å²) < 4.78 is 13.1. The van der Waals surface area contributed by atoms with Gasteiger partial charge < -0.3 is 5.73 Å². The van der Waals surface area contributed by atoms with Gasteiger partial charge in [0.2, 0.25) is 0 Å². The van der Waals surface area contributed by atoms with Crippen LogP contribution >= 0.6 is 11.8 Å². The Balaban J connectivity index is 1.98. The van der Waals surface area contributed by atoms with Crippen molar-refractivity contribution in [1.82, 2.24) is 9.97 Å². The fourth-order valence-corrected chi connectivity index (χ4v) is 2.36. The van der Waals surface area contributed by atoms with Crippen LogP contribution in [0.25, 0.3) is 0 Å². The van der Waals surface area contributed by atoms with Crippen molar-refractivity contribution in [3.8, 4) is 0 Å². The monoisotopic (exact) mass is 263 g/mol. The molecule has 5 heteroatoms. The van der Waals surface area contributed by atoms with Crippen LogP contribution in [0.4, 0.5) is 4.39 Å². The summed E-state index contributed by atoms with van der Waals surface area (Å²) in [6.07, 6.45) is 1.72. The molecule has 0 bridgehead atoms. The second-order valence-corrected chi connectivity index (χ2v) is 4.94. The van der Waals surface area contributed by atoms with Crippen LogP contribution in [0.1, 0.15) is 17.3 Å². The van der Waals surface area contributed by atoms with Crippen molar-refractivity contribution in [3.63, 3.8) is 0 Å². The van der Waals surface area contributed by atoms with Gasteiger partial charge in [0, 0.05) is 23.7 Å². The molecule has 2 aromatic rings.